The number of anilines is 1. The number of aromatic nitrogens is 2. The molecule has 0 bridgehead atoms. The average molecular weight is 324 g/mol. The van der Waals surface area contributed by atoms with Gasteiger partial charge in [0.25, 0.3) is 0 Å². The van der Waals surface area contributed by atoms with Crippen LogP contribution in [0.5, 0.6) is 0 Å². The average Bonchev–Trinajstić information content (AvgIpc) is 2.69. The summed E-state index contributed by atoms with van der Waals surface area (Å²) in [5, 5.41) is 15.2. The maximum Gasteiger partial charge on any atom is 0.139 e. The normalized spacial score (nSPS) is 12.6. The molecule has 2 aromatic rings. The van der Waals surface area contributed by atoms with Gasteiger partial charge in [0.1, 0.15) is 16.5 Å². The summed E-state index contributed by atoms with van der Waals surface area (Å²) in [7, 11) is 0. The molecule has 1 atom stereocenters. The fraction of sp³-hybridized carbons (Fsp3) is 0.500. The highest BCUT2D eigenvalue weighted by atomic mass is 32.2. The van der Waals surface area contributed by atoms with E-state index >= 15 is 0 Å². The molecule has 0 aliphatic heterocycles. The highest BCUT2D eigenvalue weighted by molar-refractivity contribution is 7.98. The van der Waals surface area contributed by atoms with Crippen molar-refractivity contribution in [1.29, 1.82) is 0 Å². The second-order valence-electron chi connectivity index (χ2n) is 4.88. The molecule has 5 nitrogen and oxygen atoms in total. The Kier molecular flexibility index (Phi) is 5.05. The molecule has 0 aliphatic rings. The standard InChI is InChI=1S/C14H19N3O2S2/c1-7-8(2)21-13-11(7)12(15-9(3)16-13)17-10(14(18)19)5-6-20-4/h10H,5-6H2,1-4H3,(H,18,19)(H,15,16,17)/p-1/t10-/m0/s1. The molecule has 0 spiro atoms. The first kappa shape index (κ1) is 16.0. The van der Waals surface area contributed by atoms with Crippen molar-refractivity contribution in [1.82, 2.24) is 9.97 Å². The van der Waals surface area contributed by atoms with E-state index in [2.05, 4.69) is 15.3 Å². The lowest BCUT2D eigenvalue weighted by Crippen LogP contribution is -2.41. The maximum absolute atomic E-state index is 11.3. The number of thiophene rings is 1. The lowest BCUT2D eigenvalue weighted by atomic mass is 10.2. The second kappa shape index (κ2) is 6.62. The number of carbonyl (C=O) groups is 1. The Balaban J connectivity index is 2.42. The summed E-state index contributed by atoms with van der Waals surface area (Å²) in [6.45, 7) is 5.85. The van der Waals surface area contributed by atoms with Crippen molar-refractivity contribution in [3.05, 3.63) is 16.3 Å². The Morgan fingerprint density at radius 3 is 2.71 bits per heavy atom. The molecule has 0 aliphatic carbocycles. The smallest absolute Gasteiger partial charge is 0.139 e. The third-order valence-electron chi connectivity index (χ3n) is 3.35. The highest BCUT2D eigenvalue weighted by Crippen LogP contribution is 2.33. The number of thioether (sulfide) groups is 1. The molecule has 0 unspecified atom stereocenters. The van der Waals surface area contributed by atoms with Crippen molar-refractivity contribution in [2.24, 2.45) is 0 Å². The van der Waals surface area contributed by atoms with E-state index in [9.17, 15) is 9.90 Å². The van der Waals surface area contributed by atoms with E-state index in [0.717, 1.165) is 21.5 Å². The largest absolute Gasteiger partial charge is 0.548 e. The van der Waals surface area contributed by atoms with Crippen molar-refractivity contribution < 1.29 is 9.90 Å². The van der Waals surface area contributed by atoms with E-state index in [1.807, 2.05) is 27.0 Å². The number of carbonyl (C=O) groups excluding carboxylic acids is 1. The summed E-state index contributed by atoms with van der Waals surface area (Å²) in [6, 6.07) is -0.741. The zero-order valence-corrected chi connectivity index (χ0v) is 14.2. The lowest BCUT2D eigenvalue weighted by Gasteiger charge is -2.20. The van der Waals surface area contributed by atoms with Crippen LogP contribution >= 0.6 is 23.1 Å². The number of carboxylic acid groups (broad SMARTS) is 1. The second-order valence-corrected chi connectivity index (χ2v) is 7.07. The molecule has 1 N–H and O–H groups in total. The van der Waals surface area contributed by atoms with E-state index in [-0.39, 0.29) is 0 Å². The highest BCUT2D eigenvalue weighted by Gasteiger charge is 2.17. The van der Waals surface area contributed by atoms with Gasteiger partial charge < -0.3 is 15.2 Å². The van der Waals surface area contributed by atoms with Gasteiger partial charge in [0.2, 0.25) is 0 Å². The fourth-order valence-electron chi connectivity index (χ4n) is 2.11. The van der Waals surface area contributed by atoms with Crippen LogP contribution in [0.4, 0.5) is 5.82 Å². The Labute approximate surface area is 132 Å². The van der Waals surface area contributed by atoms with E-state index < -0.39 is 12.0 Å². The summed E-state index contributed by atoms with van der Waals surface area (Å²) in [5.74, 6) is 0.876. The first-order valence-corrected chi connectivity index (χ1v) is 8.85. The van der Waals surface area contributed by atoms with Gasteiger partial charge in [0, 0.05) is 4.88 Å². The minimum atomic E-state index is -1.10. The molecular formula is C14H18N3O2S2-. The number of hydrogen-bond acceptors (Lipinski definition) is 7. The zero-order valence-electron chi connectivity index (χ0n) is 12.5. The van der Waals surface area contributed by atoms with Gasteiger partial charge in [-0.15, -0.1) is 11.3 Å². The molecule has 0 fully saturated rings. The van der Waals surface area contributed by atoms with Crippen molar-refractivity contribution >= 4 is 45.1 Å². The molecule has 0 amide bonds. The molecule has 0 saturated carbocycles. The molecule has 21 heavy (non-hydrogen) atoms. The van der Waals surface area contributed by atoms with Crippen molar-refractivity contribution in [3.8, 4) is 0 Å². The fourth-order valence-corrected chi connectivity index (χ4v) is 3.66. The van der Waals surface area contributed by atoms with Crippen molar-refractivity contribution in [2.75, 3.05) is 17.3 Å². The number of carboxylic acids is 1. The first-order chi connectivity index (χ1) is 9.93. The van der Waals surface area contributed by atoms with E-state index in [1.165, 1.54) is 4.88 Å². The van der Waals surface area contributed by atoms with Crippen LogP contribution in [0, 0.1) is 20.8 Å². The third kappa shape index (κ3) is 3.47. The van der Waals surface area contributed by atoms with Gasteiger partial charge in [-0.3, -0.25) is 0 Å². The number of nitrogens with zero attached hydrogens (tertiary/aromatic N) is 2. The Hall–Kier alpha value is -1.34. The van der Waals surface area contributed by atoms with Crippen molar-refractivity contribution in [3.63, 3.8) is 0 Å². The van der Waals surface area contributed by atoms with Gasteiger partial charge in [-0.05, 0) is 44.8 Å². The number of aliphatic carboxylic acids is 1. The number of hydrogen-bond donors (Lipinski definition) is 1. The molecule has 0 radical (unpaired) electrons. The van der Waals surface area contributed by atoms with Crippen LogP contribution in [0.3, 0.4) is 0 Å². The van der Waals surface area contributed by atoms with Crippen LogP contribution < -0.4 is 10.4 Å². The van der Waals surface area contributed by atoms with Gasteiger partial charge in [0.05, 0.1) is 17.4 Å². The summed E-state index contributed by atoms with van der Waals surface area (Å²) < 4.78 is 0. The van der Waals surface area contributed by atoms with E-state index in [4.69, 9.17) is 0 Å². The van der Waals surface area contributed by atoms with Crippen LogP contribution in [0.25, 0.3) is 10.2 Å². The molecule has 114 valence electrons. The zero-order chi connectivity index (χ0) is 15.6. The molecule has 2 heterocycles. The third-order valence-corrected chi connectivity index (χ3v) is 5.09. The number of nitrogens with one attached hydrogen (secondary N) is 1. The maximum atomic E-state index is 11.3. The summed E-state index contributed by atoms with van der Waals surface area (Å²) in [6.07, 6.45) is 2.45. The van der Waals surface area contributed by atoms with Crippen molar-refractivity contribution in [2.45, 2.75) is 33.2 Å². The minimum absolute atomic E-state index is 0.496. The summed E-state index contributed by atoms with van der Waals surface area (Å²) in [5.41, 5.74) is 1.10. The summed E-state index contributed by atoms with van der Waals surface area (Å²) >= 11 is 3.21. The van der Waals surface area contributed by atoms with Gasteiger partial charge in [0.15, 0.2) is 0 Å². The quantitative estimate of drug-likeness (QED) is 0.874. The SMILES string of the molecule is CSCC[C@H](Nc1nc(C)nc2sc(C)c(C)c12)C(=O)[O-]. The molecule has 2 aromatic heterocycles. The Morgan fingerprint density at radius 2 is 2.10 bits per heavy atom. The molecule has 2 rings (SSSR count). The van der Waals surface area contributed by atoms with Crippen LogP contribution in [-0.2, 0) is 4.79 Å². The topological polar surface area (TPSA) is 77.9 Å². The Morgan fingerprint density at radius 1 is 1.38 bits per heavy atom. The molecule has 0 saturated heterocycles. The van der Waals surface area contributed by atoms with Crippen LogP contribution in [-0.4, -0.2) is 34.0 Å². The first-order valence-electron chi connectivity index (χ1n) is 6.64. The van der Waals surface area contributed by atoms with Gasteiger partial charge >= 0.3 is 0 Å². The number of aryl methyl sites for hydroxylation is 3. The van der Waals surface area contributed by atoms with Crippen LogP contribution in [0.15, 0.2) is 0 Å². The Bertz CT molecular complexity index is 670. The predicted molar refractivity (Wildman–Crippen MR) is 87.0 cm³/mol. The van der Waals surface area contributed by atoms with Gasteiger partial charge in [-0.25, -0.2) is 9.97 Å². The lowest BCUT2D eigenvalue weighted by molar-refractivity contribution is -0.306. The van der Waals surface area contributed by atoms with Crippen LogP contribution in [0.2, 0.25) is 0 Å². The van der Waals surface area contributed by atoms with Gasteiger partial charge in [-0.1, -0.05) is 0 Å². The number of fused-ring (bicyclic) bond motifs is 1. The van der Waals surface area contributed by atoms with Gasteiger partial charge in [-0.2, -0.15) is 11.8 Å². The molecular weight excluding hydrogens is 306 g/mol. The predicted octanol–water partition coefficient (Wildman–Crippen LogP) is 1.90. The number of rotatable bonds is 6. The minimum Gasteiger partial charge on any atom is -0.548 e. The van der Waals surface area contributed by atoms with E-state index in [1.54, 1.807) is 23.1 Å². The molecule has 0 aromatic carbocycles. The monoisotopic (exact) mass is 324 g/mol. The summed E-state index contributed by atoms with van der Waals surface area (Å²) in [4.78, 5) is 22.2. The van der Waals surface area contributed by atoms with Crippen LogP contribution in [0.1, 0.15) is 22.7 Å². The molecule has 7 heteroatoms. The van der Waals surface area contributed by atoms with E-state index in [0.29, 0.717) is 18.1 Å².